The Morgan fingerprint density at radius 3 is 2.47 bits per heavy atom. The molecule has 0 spiro atoms. The zero-order valence-corrected chi connectivity index (χ0v) is 9.24. The summed E-state index contributed by atoms with van der Waals surface area (Å²) in [6.07, 6.45) is 2.18. The van der Waals surface area contributed by atoms with Crippen molar-refractivity contribution in [2.24, 2.45) is 0 Å². The topological polar surface area (TPSA) is 75.6 Å². The van der Waals surface area contributed by atoms with E-state index in [1.165, 1.54) is 7.11 Å². The molecule has 0 aliphatic rings. The highest BCUT2D eigenvalue weighted by molar-refractivity contribution is 5.85. The molecule has 15 heavy (non-hydrogen) atoms. The quantitative estimate of drug-likeness (QED) is 0.499. The molecule has 0 aromatic rings. The Hall–Kier alpha value is -1.36. The molecule has 0 aromatic heterocycles. The number of ether oxygens (including phenoxy) is 1. The Bertz CT molecular complexity index is 256. The molecule has 0 unspecified atom stereocenters. The summed E-state index contributed by atoms with van der Waals surface area (Å²) in [5.74, 6) is -1.11. The van der Waals surface area contributed by atoms with Crippen molar-refractivity contribution in [1.82, 2.24) is 5.32 Å². The lowest BCUT2D eigenvalue weighted by Crippen LogP contribution is -2.42. The lowest BCUT2D eigenvalue weighted by Gasteiger charge is -2.14. The standard InChI is InChI=1S/C10H17NO4/c1-7(2)4-5-8(10(14)15-3)11-9(13)6-12/h4,8,12H,5-6H2,1-3H3,(H,11,13)/t8-/m1/s1. The van der Waals surface area contributed by atoms with E-state index in [1.807, 2.05) is 19.9 Å². The van der Waals surface area contributed by atoms with Gasteiger partial charge in [0.25, 0.3) is 0 Å². The average molecular weight is 215 g/mol. The molecule has 5 heteroatoms. The van der Waals surface area contributed by atoms with Crippen LogP contribution in [-0.2, 0) is 14.3 Å². The van der Waals surface area contributed by atoms with E-state index in [2.05, 4.69) is 10.1 Å². The summed E-state index contributed by atoms with van der Waals surface area (Å²) in [5.41, 5.74) is 1.04. The lowest BCUT2D eigenvalue weighted by atomic mass is 10.1. The molecule has 0 heterocycles. The number of carbonyl (C=O) groups is 2. The second-order valence-electron chi connectivity index (χ2n) is 3.32. The van der Waals surface area contributed by atoms with Crippen molar-refractivity contribution in [2.45, 2.75) is 26.3 Å². The van der Waals surface area contributed by atoms with Crippen LogP contribution in [0.4, 0.5) is 0 Å². The summed E-state index contributed by atoms with van der Waals surface area (Å²) in [6.45, 7) is 3.15. The number of amides is 1. The Morgan fingerprint density at radius 2 is 2.07 bits per heavy atom. The predicted molar refractivity (Wildman–Crippen MR) is 55.1 cm³/mol. The van der Waals surface area contributed by atoms with Gasteiger partial charge in [0.05, 0.1) is 7.11 Å². The fourth-order valence-electron chi connectivity index (χ4n) is 0.950. The number of carbonyl (C=O) groups excluding carboxylic acids is 2. The van der Waals surface area contributed by atoms with E-state index in [-0.39, 0.29) is 0 Å². The van der Waals surface area contributed by atoms with Crippen LogP contribution in [0.15, 0.2) is 11.6 Å². The summed E-state index contributed by atoms with van der Waals surface area (Å²) in [7, 11) is 1.25. The fourth-order valence-corrected chi connectivity index (χ4v) is 0.950. The molecular weight excluding hydrogens is 198 g/mol. The monoisotopic (exact) mass is 215 g/mol. The molecule has 0 saturated heterocycles. The summed E-state index contributed by atoms with van der Waals surface area (Å²) < 4.78 is 4.53. The Balaban J connectivity index is 4.38. The Kier molecular flexibility index (Phi) is 6.37. The molecule has 0 radical (unpaired) electrons. The van der Waals surface area contributed by atoms with Crippen LogP contribution >= 0.6 is 0 Å². The second kappa shape index (κ2) is 7.00. The highest BCUT2D eigenvalue weighted by Gasteiger charge is 2.19. The van der Waals surface area contributed by atoms with Gasteiger partial charge in [-0.05, 0) is 20.3 Å². The number of esters is 1. The summed E-state index contributed by atoms with van der Waals surface area (Å²) >= 11 is 0. The molecule has 0 aromatic carbocycles. The van der Waals surface area contributed by atoms with Gasteiger partial charge in [-0.1, -0.05) is 11.6 Å². The molecule has 0 rings (SSSR count). The predicted octanol–water partition coefficient (Wildman–Crippen LogP) is -0.00720. The number of aliphatic hydroxyl groups excluding tert-OH is 1. The molecule has 0 saturated carbocycles. The largest absolute Gasteiger partial charge is 0.467 e. The SMILES string of the molecule is COC(=O)[C@@H](CC=C(C)C)NC(=O)CO. The molecular formula is C10H17NO4. The van der Waals surface area contributed by atoms with Gasteiger partial charge in [0.15, 0.2) is 0 Å². The van der Waals surface area contributed by atoms with E-state index in [4.69, 9.17) is 5.11 Å². The third kappa shape index (κ3) is 5.85. The number of hydrogen-bond acceptors (Lipinski definition) is 4. The van der Waals surface area contributed by atoms with Gasteiger partial charge in [-0.15, -0.1) is 0 Å². The van der Waals surface area contributed by atoms with Gasteiger partial charge in [0, 0.05) is 0 Å². The van der Waals surface area contributed by atoms with Crippen molar-refractivity contribution in [3.8, 4) is 0 Å². The van der Waals surface area contributed by atoms with Crippen LogP contribution < -0.4 is 5.32 Å². The van der Waals surface area contributed by atoms with E-state index < -0.39 is 24.5 Å². The molecule has 0 aliphatic heterocycles. The lowest BCUT2D eigenvalue weighted by molar-refractivity contribution is -0.145. The first-order valence-electron chi connectivity index (χ1n) is 4.62. The highest BCUT2D eigenvalue weighted by Crippen LogP contribution is 2.00. The molecule has 86 valence electrons. The maximum absolute atomic E-state index is 11.2. The summed E-state index contributed by atoms with van der Waals surface area (Å²) in [5, 5.41) is 10.9. The number of methoxy groups -OCH3 is 1. The molecule has 1 amide bonds. The van der Waals surface area contributed by atoms with Crippen LogP contribution in [0, 0.1) is 0 Å². The van der Waals surface area contributed by atoms with E-state index in [1.54, 1.807) is 0 Å². The van der Waals surface area contributed by atoms with Crippen molar-refractivity contribution in [3.05, 3.63) is 11.6 Å². The van der Waals surface area contributed by atoms with E-state index >= 15 is 0 Å². The van der Waals surface area contributed by atoms with Gasteiger partial charge in [0.1, 0.15) is 12.6 Å². The number of rotatable bonds is 5. The van der Waals surface area contributed by atoms with Crippen molar-refractivity contribution in [3.63, 3.8) is 0 Å². The van der Waals surface area contributed by atoms with Crippen LogP contribution in [0.5, 0.6) is 0 Å². The minimum atomic E-state index is -0.732. The maximum Gasteiger partial charge on any atom is 0.328 e. The summed E-state index contributed by atoms with van der Waals surface area (Å²) in [6, 6.07) is -0.732. The van der Waals surface area contributed by atoms with Gasteiger partial charge < -0.3 is 15.2 Å². The van der Waals surface area contributed by atoms with Gasteiger partial charge in [0.2, 0.25) is 5.91 Å². The third-order valence-electron chi connectivity index (χ3n) is 1.73. The normalized spacial score (nSPS) is 11.5. The van der Waals surface area contributed by atoms with Crippen molar-refractivity contribution >= 4 is 11.9 Å². The zero-order valence-electron chi connectivity index (χ0n) is 9.24. The highest BCUT2D eigenvalue weighted by atomic mass is 16.5. The van der Waals surface area contributed by atoms with Crippen LogP contribution in [0.1, 0.15) is 20.3 Å². The van der Waals surface area contributed by atoms with Gasteiger partial charge >= 0.3 is 5.97 Å². The minimum Gasteiger partial charge on any atom is -0.467 e. The third-order valence-corrected chi connectivity index (χ3v) is 1.73. The van der Waals surface area contributed by atoms with Crippen LogP contribution in [-0.4, -0.2) is 36.7 Å². The first-order chi connectivity index (χ1) is 7.01. The maximum atomic E-state index is 11.2. The summed E-state index contributed by atoms with van der Waals surface area (Å²) in [4.78, 5) is 22.1. The minimum absolute atomic E-state index is 0.362. The van der Waals surface area contributed by atoms with E-state index in [0.29, 0.717) is 6.42 Å². The van der Waals surface area contributed by atoms with Crippen LogP contribution in [0.2, 0.25) is 0 Å². The molecule has 0 fully saturated rings. The second-order valence-corrected chi connectivity index (χ2v) is 3.32. The Morgan fingerprint density at radius 1 is 1.47 bits per heavy atom. The number of aliphatic hydroxyl groups is 1. The first-order valence-corrected chi connectivity index (χ1v) is 4.62. The molecule has 5 nitrogen and oxygen atoms in total. The molecule has 0 aliphatic carbocycles. The van der Waals surface area contributed by atoms with Crippen molar-refractivity contribution in [1.29, 1.82) is 0 Å². The van der Waals surface area contributed by atoms with Crippen LogP contribution in [0.3, 0.4) is 0 Å². The van der Waals surface area contributed by atoms with Crippen molar-refractivity contribution < 1.29 is 19.4 Å². The van der Waals surface area contributed by atoms with E-state index in [0.717, 1.165) is 5.57 Å². The van der Waals surface area contributed by atoms with E-state index in [9.17, 15) is 9.59 Å². The smallest absolute Gasteiger partial charge is 0.328 e. The first kappa shape index (κ1) is 13.6. The van der Waals surface area contributed by atoms with Gasteiger partial charge in [-0.3, -0.25) is 4.79 Å². The number of hydrogen-bond donors (Lipinski definition) is 2. The number of nitrogens with one attached hydrogen (secondary N) is 1. The van der Waals surface area contributed by atoms with Crippen molar-refractivity contribution in [2.75, 3.05) is 13.7 Å². The average Bonchev–Trinajstić information content (AvgIpc) is 2.22. The van der Waals surface area contributed by atoms with Gasteiger partial charge in [-0.2, -0.15) is 0 Å². The molecule has 2 N–H and O–H groups in total. The molecule has 0 bridgehead atoms. The number of allylic oxidation sites excluding steroid dienone is 1. The van der Waals surface area contributed by atoms with Crippen LogP contribution in [0.25, 0.3) is 0 Å². The molecule has 1 atom stereocenters. The van der Waals surface area contributed by atoms with Gasteiger partial charge in [-0.25, -0.2) is 4.79 Å². The zero-order chi connectivity index (χ0) is 11.8. The Labute approximate surface area is 89.1 Å². The fraction of sp³-hybridized carbons (Fsp3) is 0.600.